The normalized spacial score (nSPS) is 10.1. The van der Waals surface area contributed by atoms with Crippen LogP contribution in [0.4, 0.5) is 0 Å². The third-order valence-corrected chi connectivity index (χ3v) is 2.34. The van der Waals surface area contributed by atoms with Gasteiger partial charge in [-0.15, -0.1) is 0 Å². The molecule has 0 fully saturated rings. The molecule has 3 heteroatoms. The summed E-state index contributed by atoms with van der Waals surface area (Å²) in [5.74, 6) is 0. The van der Waals surface area contributed by atoms with Crippen LogP contribution in [0.25, 0.3) is 21.8 Å². The topological polar surface area (TPSA) is 25.8 Å². The average molecular weight is 270 g/mol. The molecule has 0 N–H and O–H groups in total. The molecule has 0 saturated carbocycles. The molecule has 0 aliphatic carbocycles. The van der Waals surface area contributed by atoms with Crippen molar-refractivity contribution in [1.82, 2.24) is 9.97 Å². The third-order valence-electron chi connectivity index (χ3n) is 2.34. The van der Waals surface area contributed by atoms with Gasteiger partial charge >= 0.3 is 45.5 Å². The predicted octanol–water partition coefficient (Wildman–Crippen LogP) is 1.87. The van der Waals surface area contributed by atoms with Crippen LogP contribution in [-0.4, -0.2) is 55.4 Å². The second kappa shape index (κ2) is 4.58. The monoisotopic (exact) mass is 270 g/mol. The van der Waals surface area contributed by atoms with Gasteiger partial charge in [0.1, 0.15) is 0 Å². The molecule has 0 spiro atoms. The van der Waals surface area contributed by atoms with Gasteiger partial charge in [-0.05, 0) is 12.1 Å². The number of benzene rings is 1. The summed E-state index contributed by atoms with van der Waals surface area (Å²) < 4.78 is 0. The van der Waals surface area contributed by atoms with Crippen molar-refractivity contribution in [3.05, 3.63) is 48.8 Å². The minimum atomic E-state index is 0. The summed E-state index contributed by atoms with van der Waals surface area (Å²) in [5, 5.41) is 2.28. The Morgan fingerprint density at radius 3 is 1.60 bits per heavy atom. The maximum Gasteiger partial charge on any atom is 0.0964 e. The minimum absolute atomic E-state index is 0. The molecule has 0 radical (unpaired) electrons. The Morgan fingerprint density at radius 2 is 1.13 bits per heavy atom. The zero-order valence-electron chi connectivity index (χ0n) is 7.51. The first-order chi connectivity index (χ1) is 6.95. The largest absolute Gasteiger partial charge is 0.254 e. The SMILES string of the molecule is [SrH2].c1cnc2c(c1)ccc1cccnc12. The number of hydrogen-bond acceptors (Lipinski definition) is 2. The van der Waals surface area contributed by atoms with Gasteiger partial charge < -0.3 is 0 Å². The summed E-state index contributed by atoms with van der Waals surface area (Å²) in [6.07, 6.45) is 3.60. The van der Waals surface area contributed by atoms with E-state index < -0.39 is 0 Å². The second-order valence-corrected chi connectivity index (χ2v) is 3.22. The van der Waals surface area contributed by atoms with Crippen molar-refractivity contribution in [2.24, 2.45) is 0 Å². The minimum Gasteiger partial charge on any atom is -0.254 e. The molecule has 70 valence electrons. The van der Waals surface area contributed by atoms with Crippen molar-refractivity contribution in [2.45, 2.75) is 0 Å². The van der Waals surface area contributed by atoms with Crippen LogP contribution in [0.3, 0.4) is 0 Å². The van der Waals surface area contributed by atoms with Crippen molar-refractivity contribution in [3.63, 3.8) is 0 Å². The summed E-state index contributed by atoms with van der Waals surface area (Å²) in [7, 11) is 0. The van der Waals surface area contributed by atoms with Gasteiger partial charge in [-0.2, -0.15) is 0 Å². The van der Waals surface area contributed by atoms with E-state index in [-0.39, 0.29) is 45.5 Å². The maximum absolute atomic E-state index is 4.35. The molecule has 15 heavy (non-hydrogen) atoms. The maximum atomic E-state index is 4.35. The van der Waals surface area contributed by atoms with E-state index in [9.17, 15) is 0 Å². The second-order valence-electron chi connectivity index (χ2n) is 3.22. The number of hydrogen-bond donors (Lipinski definition) is 0. The van der Waals surface area contributed by atoms with Crippen LogP contribution in [0.2, 0.25) is 0 Å². The van der Waals surface area contributed by atoms with Crippen molar-refractivity contribution < 1.29 is 0 Å². The summed E-state index contributed by atoms with van der Waals surface area (Å²) in [5.41, 5.74) is 1.95. The number of fused-ring (bicyclic) bond motifs is 3. The van der Waals surface area contributed by atoms with E-state index in [1.165, 1.54) is 0 Å². The van der Waals surface area contributed by atoms with Gasteiger partial charge in [0, 0.05) is 23.2 Å². The average Bonchev–Trinajstić information content (AvgIpc) is 2.29. The quantitative estimate of drug-likeness (QED) is 0.460. The van der Waals surface area contributed by atoms with Gasteiger partial charge in [0.05, 0.1) is 11.0 Å². The van der Waals surface area contributed by atoms with E-state index in [1.807, 2.05) is 12.1 Å². The molecule has 0 atom stereocenters. The molecule has 3 rings (SSSR count). The Balaban J connectivity index is 0.000000853. The van der Waals surface area contributed by atoms with Gasteiger partial charge in [-0.1, -0.05) is 24.3 Å². The molecule has 0 aliphatic rings. The van der Waals surface area contributed by atoms with Crippen LogP contribution >= 0.6 is 0 Å². The van der Waals surface area contributed by atoms with Gasteiger partial charge in [0.25, 0.3) is 0 Å². The number of aromatic nitrogens is 2. The van der Waals surface area contributed by atoms with E-state index in [4.69, 9.17) is 0 Å². The first-order valence-electron chi connectivity index (χ1n) is 4.53. The molecular weight excluding hydrogens is 260 g/mol. The molecule has 2 heterocycles. The van der Waals surface area contributed by atoms with Crippen LogP contribution in [-0.2, 0) is 0 Å². The van der Waals surface area contributed by atoms with Crippen LogP contribution in [0.15, 0.2) is 48.8 Å². The van der Waals surface area contributed by atoms with Gasteiger partial charge in [-0.25, -0.2) is 0 Å². The van der Waals surface area contributed by atoms with Gasteiger partial charge in [-0.3, -0.25) is 9.97 Å². The smallest absolute Gasteiger partial charge is 0.0964 e. The predicted molar refractivity (Wildman–Crippen MR) is 65.6 cm³/mol. The van der Waals surface area contributed by atoms with E-state index in [0.29, 0.717) is 0 Å². The first kappa shape index (κ1) is 11.0. The van der Waals surface area contributed by atoms with E-state index >= 15 is 0 Å². The Hall–Kier alpha value is -0.479. The van der Waals surface area contributed by atoms with Crippen molar-refractivity contribution in [2.75, 3.05) is 0 Å². The fourth-order valence-electron chi connectivity index (χ4n) is 1.68. The summed E-state index contributed by atoms with van der Waals surface area (Å²) in [6, 6.07) is 12.1. The van der Waals surface area contributed by atoms with Crippen molar-refractivity contribution in [3.8, 4) is 0 Å². The first-order valence-corrected chi connectivity index (χ1v) is 4.53. The fourth-order valence-corrected chi connectivity index (χ4v) is 1.68. The third kappa shape index (κ3) is 1.93. The summed E-state index contributed by atoms with van der Waals surface area (Å²) in [4.78, 5) is 8.69. The summed E-state index contributed by atoms with van der Waals surface area (Å²) in [6.45, 7) is 0. The molecule has 2 nitrogen and oxygen atoms in total. The van der Waals surface area contributed by atoms with Gasteiger partial charge in [0.15, 0.2) is 0 Å². The van der Waals surface area contributed by atoms with E-state index in [2.05, 4.69) is 34.2 Å². The molecule has 1 aromatic carbocycles. The van der Waals surface area contributed by atoms with E-state index in [0.717, 1.165) is 21.8 Å². The standard InChI is InChI=1S/C12H8N2.Sr.2H/c1-3-9-5-6-10-4-2-8-14-12(10)11(9)13-7-1;;;/h1-8H;;;. The molecular formula is C12H10N2Sr. The van der Waals surface area contributed by atoms with Crippen LogP contribution in [0, 0.1) is 0 Å². The number of pyridine rings is 2. The van der Waals surface area contributed by atoms with Gasteiger partial charge in [0.2, 0.25) is 0 Å². The molecule has 0 aliphatic heterocycles. The van der Waals surface area contributed by atoms with Crippen LogP contribution in [0.5, 0.6) is 0 Å². The molecule has 0 saturated heterocycles. The Kier molecular flexibility index (Phi) is 3.36. The van der Waals surface area contributed by atoms with Crippen LogP contribution < -0.4 is 0 Å². The fraction of sp³-hybridized carbons (Fsp3) is 0. The molecule has 0 unspecified atom stereocenters. The summed E-state index contributed by atoms with van der Waals surface area (Å²) >= 11 is 0. The Labute approximate surface area is 125 Å². The van der Waals surface area contributed by atoms with Crippen molar-refractivity contribution >= 4 is 67.3 Å². The van der Waals surface area contributed by atoms with E-state index in [1.54, 1.807) is 12.4 Å². The zero-order chi connectivity index (χ0) is 9.38. The number of rotatable bonds is 0. The number of nitrogens with zero attached hydrogens (tertiary/aromatic N) is 2. The van der Waals surface area contributed by atoms with Crippen LogP contribution in [0.1, 0.15) is 0 Å². The Morgan fingerprint density at radius 1 is 0.667 bits per heavy atom. The molecule has 0 bridgehead atoms. The molecule has 0 amide bonds. The zero-order valence-corrected chi connectivity index (χ0v) is 7.51. The molecule has 3 aromatic rings. The van der Waals surface area contributed by atoms with Crippen molar-refractivity contribution in [1.29, 1.82) is 0 Å². The Bertz CT molecular complexity index is 553. The molecule has 2 aromatic heterocycles.